The monoisotopic (exact) mass is 645 g/mol. The summed E-state index contributed by atoms with van der Waals surface area (Å²) in [7, 11) is -8.42. The van der Waals surface area contributed by atoms with Gasteiger partial charge in [-0.25, -0.2) is 0 Å². The largest absolute Gasteiger partial charge is 0.439 e. The second-order valence-corrected chi connectivity index (χ2v) is 14.4. The Hall–Kier alpha value is -2.61. The van der Waals surface area contributed by atoms with Crippen molar-refractivity contribution in [2.45, 2.75) is 57.1 Å². The molecule has 2 aromatic carbocycles. The summed E-state index contributed by atoms with van der Waals surface area (Å²) in [5.74, 6) is 1.41. The van der Waals surface area contributed by atoms with Gasteiger partial charge in [0.15, 0.2) is 12.3 Å². The van der Waals surface area contributed by atoms with Crippen LogP contribution < -0.4 is 14.2 Å². The topological polar surface area (TPSA) is 138 Å². The average Bonchev–Trinajstić information content (AvgIpc) is 3.40. The van der Waals surface area contributed by atoms with Crippen molar-refractivity contribution in [2.75, 3.05) is 11.4 Å². The molecule has 3 aromatic rings. The molecule has 0 saturated carbocycles. The number of allylic oxidation sites excluding steroid dienone is 2. The number of benzene rings is 2. The molecule has 2 unspecified atom stereocenters. The van der Waals surface area contributed by atoms with E-state index in [0.29, 0.717) is 50.8 Å². The molecule has 0 spiro atoms. The number of fused-ring (bicyclic) bond motifs is 2. The van der Waals surface area contributed by atoms with Crippen molar-refractivity contribution in [3.63, 3.8) is 0 Å². The highest BCUT2D eigenvalue weighted by Gasteiger charge is 2.30. The van der Waals surface area contributed by atoms with Crippen molar-refractivity contribution < 1.29 is 39.7 Å². The number of anilines is 1. The Morgan fingerprint density at radius 2 is 1.63 bits per heavy atom. The summed E-state index contributed by atoms with van der Waals surface area (Å²) in [6.07, 6.45) is 4.42. The molecule has 222 valence electrons. The lowest BCUT2D eigenvalue weighted by Crippen LogP contribution is -2.37. The van der Waals surface area contributed by atoms with E-state index in [9.17, 15) is 25.9 Å². The third-order valence-corrected chi connectivity index (χ3v) is 9.92. The molecular weight excluding hydrogens is 615 g/mol. The van der Waals surface area contributed by atoms with E-state index in [1.165, 1.54) is 13.8 Å². The van der Waals surface area contributed by atoms with Gasteiger partial charge in [0.25, 0.3) is 25.8 Å². The molecule has 2 heterocycles. The van der Waals surface area contributed by atoms with E-state index in [4.69, 9.17) is 32.4 Å². The molecule has 1 aliphatic rings. The number of ether oxygens (including phenoxy) is 1. The number of halogens is 2. The minimum absolute atomic E-state index is 0.132. The van der Waals surface area contributed by atoms with Crippen LogP contribution in [0.3, 0.4) is 0 Å². The molecule has 1 aromatic heterocycles. The Morgan fingerprint density at radius 1 is 1.00 bits per heavy atom. The van der Waals surface area contributed by atoms with E-state index in [-0.39, 0.29) is 25.9 Å². The summed E-state index contributed by atoms with van der Waals surface area (Å²) in [6.45, 7) is 5.27. The first-order chi connectivity index (χ1) is 19.2. The van der Waals surface area contributed by atoms with Crippen molar-refractivity contribution in [1.82, 2.24) is 0 Å². The van der Waals surface area contributed by atoms with Crippen LogP contribution in [-0.4, -0.2) is 43.0 Å². The fourth-order valence-corrected chi connectivity index (χ4v) is 5.45. The number of aromatic nitrogens is 1. The Kier molecular flexibility index (Phi) is 9.42. The van der Waals surface area contributed by atoms with Gasteiger partial charge in [-0.1, -0.05) is 30.1 Å². The zero-order chi connectivity index (χ0) is 30.1. The van der Waals surface area contributed by atoms with Gasteiger partial charge in [0.2, 0.25) is 11.5 Å². The third kappa shape index (κ3) is 7.43. The highest BCUT2D eigenvalue weighted by Crippen LogP contribution is 2.41. The van der Waals surface area contributed by atoms with Crippen LogP contribution in [0.4, 0.5) is 5.69 Å². The van der Waals surface area contributed by atoms with E-state index in [0.717, 1.165) is 5.57 Å². The van der Waals surface area contributed by atoms with Gasteiger partial charge in [-0.15, -0.1) is 0 Å². The molecule has 14 heteroatoms. The maximum absolute atomic E-state index is 11.6. The van der Waals surface area contributed by atoms with Crippen LogP contribution in [-0.2, 0) is 26.8 Å². The fraction of sp³-hybridized carbons (Fsp3) is 0.370. The van der Waals surface area contributed by atoms with E-state index < -0.39 is 30.7 Å². The molecule has 0 aliphatic carbocycles. The molecule has 4 rings (SSSR count). The SMILES string of the molecule is CCC(=Cc1oc2ccc(Cl)cc2[n+]1CCC(C)S(=O)(=O)O)C=C1Oc2ccc(Cl)cc2N1CCC(C)S(=O)(=O)O. The molecule has 0 bridgehead atoms. The van der Waals surface area contributed by atoms with Crippen molar-refractivity contribution in [3.05, 3.63) is 69.9 Å². The lowest BCUT2D eigenvalue weighted by molar-refractivity contribution is -0.678. The number of hydrogen-bond donors (Lipinski definition) is 2. The van der Waals surface area contributed by atoms with Gasteiger partial charge in [0, 0.05) is 35.2 Å². The van der Waals surface area contributed by atoms with Crippen LogP contribution in [0.2, 0.25) is 10.0 Å². The van der Waals surface area contributed by atoms with Crippen molar-refractivity contribution >= 4 is 66.3 Å². The van der Waals surface area contributed by atoms with Crippen LogP contribution in [0, 0.1) is 0 Å². The van der Waals surface area contributed by atoms with E-state index >= 15 is 0 Å². The molecule has 0 fully saturated rings. The maximum Gasteiger partial charge on any atom is 0.374 e. The van der Waals surface area contributed by atoms with Crippen LogP contribution >= 0.6 is 23.2 Å². The Balaban J connectivity index is 1.73. The zero-order valence-corrected chi connectivity index (χ0v) is 25.8. The molecule has 2 atom stereocenters. The zero-order valence-electron chi connectivity index (χ0n) is 22.6. The second kappa shape index (κ2) is 12.3. The molecule has 0 radical (unpaired) electrons. The van der Waals surface area contributed by atoms with Crippen LogP contribution in [0.25, 0.3) is 17.2 Å². The van der Waals surface area contributed by atoms with Crippen molar-refractivity contribution in [1.29, 1.82) is 0 Å². The summed E-state index contributed by atoms with van der Waals surface area (Å²) in [6, 6.07) is 10.3. The van der Waals surface area contributed by atoms with Crippen molar-refractivity contribution in [2.24, 2.45) is 0 Å². The third-order valence-electron chi connectivity index (χ3n) is 6.95. The van der Waals surface area contributed by atoms with Gasteiger partial charge < -0.3 is 14.1 Å². The summed E-state index contributed by atoms with van der Waals surface area (Å²) in [4.78, 5) is 1.80. The number of hydrogen-bond acceptors (Lipinski definition) is 7. The highest BCUT2D eigenvalue weighted by molar-refractivity contribution is 7.86. The van der Waals surface area contributed by atoms with Crippen LogP contribution in [0.1, 0.15) is 45.9 Å². The van der Waals surface area contributed by atoms with Gasteiger partial charge >= 0.3 is 5.89 Å². The average molecular weight is 647 g/mol. The lowest BCUT2D eigenvalue weighted by atomic mass is 10.1. The first-order valence-corrected chi connectivity index (χ1v) is 16.6. The lowest BCUT2D eigenvalue weighted by Gasteiger charge is -2.20. The van der Waals surface area contributed by atoms with Gasteiger partial charge in [0.05, 0.1) is 22.3 Å². The van der Waals surface area contributed by atoms with Gasteiger partial charge in [-0.2, -0.15) is 21.4 Å². The molecule has 1 aliphatic heterocycles. The van der Waals surface area contributed by atoms with Gasteiger partial charge in [-0.3, -0.25) is 9.11 Å². The molecule has 2 N–H and O–H groups in total. The smallest absolute Gasteiger partial charge is 0.374 e. The predicted octanol–water partition coefficient (Wildman–Crippen LogP) is 5.89. The number of aryl methyl sites for hydroxylation is 1. The van der Waals surface area contributed by atoms with E-state index in [1.54, 1.807) is 58.0 Å². The maximum atomic E-state index is 11.6. The van der Waals surface area contributed by atoms with Gasteiger partial charge in [-0.05, 0) is 62.6 Å². The normalized spacial score (nSPS) is 16.7. The number of nitrogens with zero attached hydrogens (tertiary/aromatic N) is 2. The summed E-state index contributed by atoms with van der Waals surface area (Å²) in [5.41, 5.74) is 2.65. The predicted molar refractivity (Wildman–Crippen MR) is 158 cm³/mol. The van der Waals surface area contributed by atoms with E-state index in [1.807, 2.05) is 6.92 Å². The van der Waals surface area contributed by atoms with E-state index in [2.05, 4.69) is 0 Å². The first-order valence-electron chi connectivity index (χ1n) is 12.9. The second-order valence-electron chi connectivity index (χ2n) is 9.85. The summed E-state index contributed by atoms with van der Waals surface area (Å²) < 4.78 is 79.4. The summed E-state index contributed by atoms with van der Waals surface area (Å²) >= 11 is 12.5. The Morgan fingerprint density at radius 3 is 2.29 bits per heavy atom. The quantitative estimate of drug-likeness (QED) is 0.193. The number of rotatable bonds is 11. The van der Waals surface area contributed by atoms with Gasteiger partial charge in [0.1, 0.15) is 0 Å². The van der Waals surface area contributed by atoms with Crippen LogP contribution in [0.15, 0.2) is 58.3 Å². The fourth-order valence-electron chi connectivity index (χ4n) is 4.31. The molecule has 41 heavy (non-hydrogen) atoms. The standard InChI is InChI=1S/C27H30Cl2N2O8S2/c1-4-19(13-26-30(11-9-17(2)40(32,33)34)22-15-20(28)5-7-24(22)38-26)14-27-31(12-10-18(3)41(35,36)37)23-16-21(29)6-8-25(23)39-27/h5-8,13-18H,4,9-12H2,1-3H3,(H-,32,33,34,35,36,37)/p+1. The molecular formula is C27H31Cl2N2O8S2+. The first kappa shape index (κ1) is 31.3. The Bertz CT molecular complexity index is 1730. The molecule has 10 nitrogen and oxygen atoms in total. The minimum Gasteiger partial charge on any atom is -0.439 e. The van der Waals surface area contributed by atoms with Crippen molar-refractivity contribution in [3.8, 4) is 5.75 Å². The Labute approximate surface area is 249 Å². The molecule has 0 saturated heterocycles. The highest BCUT2D eigenvalue weighted by atomic mass is 35.5. The minimum atomic E-state index is -4.21. The number of oxazole rings is 1. The van der Waals surface area contributed by atoms with Crippen LogP contribution in [0.5, 0.6) is 5.75 Å². The summed E-state index contributed by atoms with van der Waals surface area (Å²) in [5, 5.41) is -1.01. The molecule has 0 amide bonds.